The molecule has 8 heteroatoms. The smallest absolute Gasteiger partial charge is 0.251 e. The normalized spacial score (nSPS) is 16.6. The summed E-state index contributed by atoms with van der Waals surface area (Å²) in [7, 11) is 2.17. The van der Waals surface area contributed by atoms with E-state index in [4.69, 9.17) is 21.6 Å². The van der Waals surface area contributed by atoms with Crippen LogP contribution in [0.2, 0.25) is 5.02 Å². The molecule has 0 radical (unpaired) electrons. The molecule has 6 rings (SSSR count). The van der Waals surface area contributed by atoms with Crippen molar-refractivity contribution in [3.63, 3.8) is 0 Å². The van der Waals surface area contributed by atoms with Crippen LogP contribution >= 0.6 is 11.6 Å². The predicted octanol–water partition coefficient (Wildman–Crippen LogP) is 4.11. The van der Waals surface area contributed by atoms with E-state index in [2.05, 4.69) is 56.0 Å². The molecule has 1 fully saturated rings. The van der Waals surface area contributed by atoms with Crippen LogP contribution in [0.25, 0.3) is 22.5 Å². The molecular weight excluding hydrogens is 446 g/mol. The molecule has 0 atom stereocenters. The van der Waals surface area contributed by atoms with Crippen LogP contribution in [-0.2, 0) is 6.54 Å². The third kappa shape index (κ3) is 3.91. The van der Waals surface area contributed by atoms with Gasteiger partial charge in [0, 0.05) is 72.9 Å². The highest BCUT2D eigenvalue weighted by atomic mass is 35.5. The van der Waals surface area contributed by atoms with E-state index in [1.54, 1.807) is 0 Å². The summed E-state index contributed by atoms with van der Waals surface area (Å²) in [6, 6.07) is 18.4. The maximum atomic E-state index is 6.51. The maximum Gasteiger partial charge on any atom is 0.251 e. The molecule has 2 aromatic carbocycles. The van der Waals surface area contributed by atoms with Crippen molar-refractivity contribution in [2.45, 2.75) is 6.54 Å². The van der Waals surface area contributed by atoms with Crippen molar-refractivity contribution in [1.82, 2.24) is 19.4 Å². The van der Waals surface area contributed by atoms with Gasteiger partial charge in [-0.25, -0.2) is 9.98 Å². The van der Waals surface area contributed by atoms with Crippen LogP contribution in [0, 0.1) is 0 Å². The molecular formula is C26H26ClN7. The molecule has 2 aromatic rings. The quantitative estimate of drug-likeness (QED) is 0.487. The zero-order chi connectivity index (χ0) is 23.1. The Labute approximate surface area is 203 Å². The van der Waals surface area contributed by atoms with Crippen molar-refractivity contribution < 1.29 is 0 Å². The fraction of sp³-hybridized carbons (Fsp3) is 0.269. The fourth-order valence-electron chi connectivity index (χ4n) is 4.74. The molecule has 0 unspecified atom stereocenters. The highest BCUT2D eigenvalue weighted by molar-refractivity contribution is 6.33. The van der Waals surface area contributed by atoms with Crippen LogP contribution in [-0.4, -0.2) is 59.2 Å². The van der Waals surface area contributed by atoms with Gasteiger partial charge in [0.25, 0.3) is 5.62 Å². The average molecular weight is 472 g/mol. The van der Waals surface area contributed by atoms with Crippen molar-refractivity contribution in [2.75, 3.05) is 50.0 Å². The first-order valence-electron chi connectivity index (χ1n) is 11.6. The summed E-state index contributed by atoms with van der Waals surface area (Å²) < 4.78 is 2.20. The predicted molar refractivity (Wildman–Crippen MR) is 137 cm³/mol. The van der Waals surface area contributed by atoms with E-state index in [-0.39, 0.29) is 0 Å². The Balaban J connectivity index is 1.40. The maximum absolute atomic E-state index is 6.51. The minimum atomic E-state index is 0.468. The van der Waals surface area contributed by atoms with E-state index >= 15 is 0 Å². The van der Waals surface area contributed by atoms with Crippen LogP contribution < -0.4 is 15.8 Å². The SMILES string of the molecule is CN1CCN(c2cccc(N=c3ncc4cc(-c5ccccc5Cl)c5n(c-4n3)CCN5)c2)CC1. The lowest BCUT2D eigenvalue weighted by atomic mass is 10.0. The molecule has 34 heavy (non-hydrogen) atoms. The molecule has 0 amide bonds. The van der Waals surface area contributed by atoms with Crippen LogP contribution in [0.3, 0.4) is 0 Å². The molecule has 0 spiro atoms. The fourth-order valence-corrected chi connectivity index (χ4v) is 4.98. The van der Waals surface area contributed by atoms with E-state index < -0.39 is 0 Å². The van der Waals surface area contributed by atoms with E-state index in [0.29, 0.717) is 5.62 Å². The molecule has 4 heterocycles. The summed E-state index contributed by atoms with van der Waals surface area (Å²) in [6.45, 7) is 5.87. The molecule has 4 aliphatic rings. The lowest BCUT2D eigenvalue weighted by molar-refractivity contribution is 0.313. The van der Waals surface area contributed by atoms with Gasteiger partial charge in [-0.3, -0.25) is 0 Å². The second-order valence-corrected chi connectivity index (χ2v) is 9.24. The van der Waals surface area contributed by atoms with Crippen molar-refractivity contribution in [3.05, 3.63) is 71.4 Å². The number of hydrogen-bond donors (Lipinski definition) is 1. The monoisotopic (exact) mass is 471 g/mol. The summed E-state index contributed by atoms with van der Waals surface area (Å²) in [5.41, 5.74) is 5.55. The summed E-state index contributed by atoms with van der Waals surface area (Å²) in [5, 5.41) is 4.23. The molecule has 1 N–H and O–H groups in total. The lowest BCUT2D eigenvalue weighted by Crippen LogP contribution is -2.44. The highest BCUT2D eigenvalue weighted by Crippen LogP contribution is 2.39. The number of nitrogens with one attached hydrogen (secondary N) is 1. The summed E-state index contributed by atoms with van der Waals surface area (Å²) in [5.74, 6) is 1.90. The first-order chi connectivity index (χ1) is 16.7. The number of piperazine rings is 1. The lowest BCUT2D eigenvalue weighted by Gasteiger charge is -2.34. The molecule has 0 saturated carbocycles. The van der Waals surface area contributed by atoms with Gasteiger partial charge in [0.15, 0.2) is 0 Å². The molecule has 0 aromatic heterocycles. The Morgan fingerprint density at radius 1 is 0.941 bits per heavy atom. The molecule has 0 bridgehead atoms. The van der Waals surface area contributed by atoms with Crippen molar-refractivity contribution >= 4 is 28.8 Å². The Morgan fingerprint density at radius 3 is 2.65 bits per heavy atom. The van der Waals surface area contributed by atoms with Gasteiger partial charge in [0.05, 0.1) is 5.69 Å². The number of benzene rings is 2. The van der Waals surface area contributed by atoms with E-state index in [0.717, 1.165) is 78.3 Å². The first-order valence-corrected chi connectivity index (χ1v) is 12.0. The van der Waals surface area contributed by atoms with Crippen molar-refractivity contribution in [3.8, 4) is 22.5 Å². The number of aromatic nitrogens is 3. The average Bonchev–Trinajstić information content (AvgIpc) is 3.35. The number of halogens is 1. The van der Waals surface area contributed by atoms with Gasteiger partial charge in [0.2, 0.25) is 0 Å². The second kappa shape index (κ2) is 8.74. The van der Waals surface area contributed by atoms with Gasteiger partial charge < -0.3 is 19.7 Å². The van der Waals surface area contributed by atoms with Crippen LogP contribution in [0.15, 0.2) is 65.8 Å². The van der Waals surface area contributed by atoms with E-state index in [1.165, 1.54) is 5.69 Å². The number of nitrogens with zero attached hydrogens (tertiary/aromatic N) is 6. The van der Waals surface area contributed by atoms with Gasteiger partial charge in [-0.15, -0.1) is 0 Å². The summed E-state index contributed by atoms with van der Waals surface area (Å²) in [6.07, 6.45) is 1.86. The number of fused-ring (bicyclic) bond motifs is 3. The zero-order valence-electron chi connectivity index (χ0n) is 19.1. The van der Waals surface area contributed by atoms with Gasteiger partial charge in [-0.2, -0.15) is 4.98 Å². The third-order valence-electron chi connectivity index (χ3n) is 6.58. The van der Waals surface area contributed by atoms with Crippen molar-refractivity contribution in [2.24, 2.45) is 4.99 Å². The molecule has 4 aliphatic heterocycles. The standard InChI is InChI=1S/C26H26ClN7/c1-32-11-13-33(14-12-32)20-6-4-5-19(16-20)30-26-29-17-18-15-22(21-7-2-3-8-23(21)27)25-28-9-10-34(25)24(18)31-26/h2-8,15-17,28H,9-14H2,1H3. The topological polar surface area (TPSA) is 61.6 Å². The number of pyridine rings is 1. The zero-order valence-corrected chi connectivity index (χ0v) is 19.8. The molecule has 0 aliphatic carbocycles. The summed E-state index contributed by atoms with van der Waals surface area (Å²) in [4.78, 5) is 18.9. The van der Waals surface area contributed by atoms with Gasteiger partial charge in [-0.05, 0) is 37.4 Å². The Bertz CT molecular complexity index is 1390. The van der Waals surface area contributed by atoms with Crippen LogP contribution in [0.1, 0.15) is 0 Å². The number of rotatable bonds is 3. The van der Waals surface area contributed by atoms with E-state index in [1.807, 2.05) is 36.5 Å². The highest BCUT2D eigenvalue weighted by Gasteiger charge is 2.23. The number of likely N-dealkylation sites (N-methyl/N-ethyl adjacent to an activating group) is 1. The van der Waals surface area contributed by atoms with Crippen LogP contribution in [0.5, 0.6) is 0 Å². The number of anilines is 2. The Hall–Kier alpha value is -3.42. The minimum Gasteiger partial charge on any atom is -0.369 e. The molecule has 1 saturated heterocycles. The second-order valence-electron chi connectivity index (χ2n) is 8.84. The minimum absolute atomic E-state index is 0.468. The van der Waals surface area contributed by atoms with Gasteiger partial charge >= 0.3 is 0 Å². The first kappa shape index (κ1) is 21.1. The Kier molecular flexibility index (Phi) is 5.43. The van der Waals surface area contributed by atoms with Crippen molar-refractivity contribution in [1.29, 1.82) is 0 Å². The number of hydrogen-bond acceptors (Lipinski definition) is 6. The van der Waals surface area contributed by atoms with E-state index in [9.17, 15) is 0 Å². The molecule has 7 nitrogen and oxygen atoms in total. The summed E-state index contributed by atoms with van der Waals surface area (Å²) >= 11 is 6.51. The largest absolute Gasteiger partial charge is 0.369 e. The van der Waals surface area contributed by atoms with Gasteiger partial charge in [0.1, 0.15) is 11.6 Å². The van der Waals surface area contributed by atoms with Crippen LogP contribution in [0.4, 0.5) is 17.2 Å². The molecule has 172 valence electrons. The third-order valence-corrected chi connectivity index (χ3v) is 6.91. The Morgan fingerprint density at radius 2 is 1.79 bits per heavy atom. The van der Waals surface area contributed by atoms with Gasteiger partial charge in [-0.1, -0.05) is 35.9 Å².